The van der Waals surface area contributed by atoms with Gasteiger partial charge in [0.15, 0.2) is 0 Å². The number of pyridine rings is 1. The molecule has 4 nitrogen and oxygen atoms in total. The summed E-state index contributed by atoms with van der Waals surface area (Å²) in [6, 6.07) is 1.63. The smallest absolute Gasteiger partial charge is 0.325 e. The first kappa shape index (κ1) is 11.8. The van der Waals surface area contributed by atoms with Crippen molar-refractivity contribution in [3.8, 4) is 0 Å². The summed E-state index contributed by atoms with van der Waals surface area (Å²) in [5.41, 5.74) is 1.64. The standard InChI is InChI=1S/C13H15ClN2O2/c1-8-7-9(14)16(18)11-10(8)12(17)15-13(11)5-3-2-4-6-13/h7H,2-6H2,1H3,(H-,15,17,18)/p+1. The van der Waals surface area contributed by atoms with Crippen LogP contribution in [-0.4, -0.2) is 11.1 Å². The van der Waals surface area contributed by atoms with Crippen LogP contribution in [0.2, 0.25) is 5.15 Å². The molecular weight excluding hydrogens is 252 g/mol. The summed E-state index contributed by atoms with van der Waals surface area (Å²) in [6.45, 7) is 1.85. The second-order valence-corrected chi connectivity index (χ2v) is 5.67. The minimum absolute atomic E-state index is 0.0936. The Kier molecular flexibility index (Phi) is 2.52. The van der Waals surface area contributed by atoms with Gasteiger partial charge >= 0.3 is 5.15 Å². The Balaban J connectivity index is 2.25. The molecule has 1 fully saturated rings. The maximum atomic E-state index is 12.1. The van der Waals surface area contributed by atoms with E-state index in [1.54, 1.807) is 6.07 Å². The maximum Gasteiger partial charge on any atom is 0.325 e. The van der Waals surface area contributed by atoms with Crippen LogP contribution in [0.5, 0.6) is 0 Å². The molecule has 1 spiro atoms. The molecule has 1 saturated carbocycles. The highest BCUT2D eigenvalue weighted by atomic mass is 35.5. The number of carbonyl (C=O) groups excluding carboxylic acids is 1. The molecule has 96 valence electrons. The van der Waals surface area contributed by atoms with Gasteiger partial charge in [0.25, 0.3) is 11.6 Å². The SMILES string of the molecule is Cc1cc(Cl)[n+](O)c2c1C(=O)NC21CCCCC1. The molecule has 1 amide bonds. The number of hydrogen-bond donors (Lipinski definition) is 2. The van der Waals surface area contributed by atoms with E-state index < -0.39 is 5.54 Å². The number of halogens is 1. The minimum Gasteiger partial charge on any atom is -0.336 e. The number of nitrogens with one attached hydrogen (secondary N) is 1. The summed E-state index contributed by atoms with van der Waals surface area (Å²) in [5.74, 6) is -0.0936. The number of carbonyl (C=O) groups is 1. The summed E-state index contributed by atoms with van der Waals surface area (Å²) < 4.78 is 0.979. The molecule has 1 aromatic rings. The number of hydrogen-bond acceptors (Lipinski definition) is 2. The molecule has 1 aromatic heterocycles. The quantitative estimate of drug-likeness (QED) is 0.430. The maximum absolute atomic E-state index is 12.1. The predicted octanol–water partition coefficient (Wildman–Crippen LogP) is 2.08. The fourth-order valence-corrected chi connectivity index (χ4v) is 3.54. The summed E-state index contributed by atoms with van der Waals surface area (Å²) in [4.78, 5) is 12.1. The van der Waals surface area contributed by atoms with E-state index in [0.717, 1.165) is 36.0 Å². The fourth-order valence-electron chi connectivity index (χ4n) is 3.30. The molecular formula is C13H16ClN2O2+. The molecule has 0 saturated heterocycles. The van der Waals surface area contributed by atoms with Gasteiger partial charge in [0.1, 0.15) is 11.1 Å². The minimum atomic E-state index is -0.422. The highest BCUT2D eigenvalue weighted by Crippen LogP contribution is 2.41. The summed E-state index contributed by atoms with van der Waals surface area (Å²) >= 11 is 6.02. The normalized spacial score (nSPS) is 20.9. The van der Waals surface area contributed by atoms with Crippen LogP contribution in [0.15, 0.2) is 6.07 Å². The summed E-state index contributed by atoms with van der Waals surface area (Å²) in [7, 11) is 0. The Labute approximate surface area is 111 Å². The molecule has 2 heterocycles. The van der Waals surface area contributed by atoms with Gasteiger partial charge in [-0.1, -0.05) is 19.3 Å². The van der Waals surface area contributed by atoms with E-state index in [-0.39, 0.29) is 11.1 Å². The average Bonchev–Trinajstić information content (AvgIpc) is 2.60. The number of amides is 1. The molecule has 0 aromatic carbocycles. The van der Waals surface area contributed by atoms with Crippen molar-refractivity contribution in [2.45, 2.75) is 44.6 Å². The van der Waals surface area contributed by atoms with Gasteiger partial charge in [-0.2, -0.15) is 0 Å². The van der Waals surface area contributed by atoms with Crippen molar-refractivity contribution in [1.29, 1.82) is 0 Å². The molecule has 0 unspecified atom stereocenters. The van der Waals surface area contributed by atoms with Crippen molar-refractivity contribution < 1.29 is 14.7 Å². The highest BCUT2D eigenvalue weighted by Gasteiger charge is 2.53. The molecule has 1 aliphatic heterocycles. The van der Waals surface area contributed by atoms with Crippen LogP contribution in [0.4, 0.5) is 0 Å². The van der Waals surface area contributed by atoms with Gasteiger partial charge < -0.3 is 5.32 Å². The first-order chi connectivity index (χ1) is 8.55. The second kappa shape index (κ2) is 3.85. The molecule has 2 aliphatic rings. The van der Waals surface area contributed by atoms with Gasteiger partial charge in [0, 0.05) is 10.8 Å². The van der Waals surface area contributed by atoms with Crippen molar-refractivity contribution >= 4 is 17.5 Å². The summed E-state index contributed by atoms with van der Waals surface area (Å²) in [6.07, 6.45) is 5.03. The van der Waals surface area contributed by atoms with Crippen LogP contribution < -0.4 is 10.0 Å². The van der Waals surface area contributed by atoms with E-state index in [1.807, 2.05) is 6.92 Å². The first-order valence-corrected chi connectivity index (χ1v) is 6.70. The van der Waals surface area contributed by atoms with Crippen LogP contribution in [0.1, 0.15) is 53.7 Å². The van der Waals surface area contributed by atoms with E-state index in [2.05, 4.69) is 5.32 Å². The highest BCUT2D eigenvalue weighted by molar-refractivity contribution is 6.28. The second-order valence-electron chi connectivity index (χ2n) is 5.28. The lowest BCUT2D eigenvalue weighted by Crippen LogP contribution is -2.49. The van der Waals surface area contributed by atoms with Crippen LogP contribution in [-0.2, 0) is 5.54 Å². The molecule has 2 N–H and O–H groups in total. The molecule has 3 rings (SSSR count). The number of rotatable bonds is 0. The predicted molar refractivity (Wildman–Crippen MR) is 65.8 cm³/mol. The number of aryl methyl sites for hydroxylation is 1. The van der Waals surface area contributed by atoms with Crippen molar-refractivity contribution in [3.05, 3.63) is 28.0 Å². The molecule has 18 heavy (non-hydrogen) atoms. The molecule has 1 aliphatic carbocycles. The van der Waals surface area contributed by atoms with Gasteiger partial charge in [-0.3, -0.25) is 10.0 Å². The largest absolute Gasteiger partial charge is 0.336 e. The third kappa shape index (κ3) is 1.45. The zero-order valence-corrected chi connectivity index (χ0v) is 11.0. The number of aromatic nitrogens is 1. The zero-order chi connectivity index (χ0) is 12.9. The third-order valence-corrected chi connectivity index (χ3v) is 4.39. The van der Waals surface area contributed by atoms with Gasteiger partial charge in [0.05, 0.1) is 0 Å². The Morgan fingerprint density at radius 1 is 1.39 bits per heavy atom. The van der Waals surface area contributed by atoms with Gasteiger partial charge in [-0.25, -0.2) is 0 Å². The molecule has 0 bridgehead atoms. The van der Waals surface area contributed by atoms with Crippen molar-refractivity contribution in [3.63, 3.8) is 0 Å². The topological polar surface area (TPSA) is 53.2 Å². The van der Waals surface area contributed by atoms with E-state index in [9.17, 15) is 10.0 Å². The van der Waals surface area contributed by atoms with Crippen molar-refractivity contribution in [1.82, 2.24) is 5.32 Å². The number of nitrogens with zero attached hydrogens (tertiary/aromatic N) is 1. The lowest BCUT2D eigenvalue weighted by Gasteiger charge is -2.30. The van der Waals surface area contributed by atoms with Crippen LogP contribution in [0.25, 0.3) is 0 Å². The van der Waals surface area contributed by atoms with Crippen LogP contribution in [0.3, 0.4) is 0 Å². The summed E-state index contributed by atoms with van der Waals surface area (Å²) in [5, 5.41) is 13.5. The number of fused-ring (bicyclic) bond motifs is 2. The van der Waals surface area contributed by atoms with Crippen molar-refractivity contribution in [2.75, 3.05) is 0 Å². The van der Waals surface area contributed by atoms with Crippen LogP contribution in [0, 0.1) is 6.92 Å². The average molecular weight is 268 g/mol. The van der Waals surface area contributed by atoms with E-state index >= 15 is 0 Å². The van der Waals surface area contributed by atoms with E-state index in [0.29, 0.717) is 11.3 Å². The first-order valence-electron chi connectivity index (χ1n) is 6.32. The Bertz CT molecular complexity index is 536. The van der Waals surface area contributed by atoms with Crippen LogP contribution >= 0.6 is 11.6 Å². The van der Waals surface area contributed by atoms with E-state index in [1.165, 1.54) is 6.42 Å². The lowest BCUT2D eigenvalue weighted by atomic mass is 9.79. The Morgan fingerprint density at radius 3 is 2.72 bits per heavy atom. The molecule has 0 atom stereocenters. The third-order valence-electron chi connectivity index (χ3n) is 4.12. The Hall–Kier alpha value is -1.29. The zero-order valence-electron chi connectivity index (χ0n) is 10.3. The van der Waals surface area contributed by atoms with Crippen molar-refractivity contribution in [2.24, 2.45) is 0 Å². The molecule has 5 heteroatoms. The van der Waals surface area contributed by atoms with Gasteiger partial charge in [-0.05, 0) is 36.9 Å². The van der Waals surface area contributed by atoms with E-state index in [4.69, 9.17) is 11.6 Å². The fraction of sp³-hybridized carbons (Fsp3) is 0.538. The Morgan fingerprint density at radius 2 is 2.06 bits per heavy atom. The lowest BCUT2D eigenvalue weighted by molar-refractivity contribution is -0.910. The van der Waals surface area contributed by atoms with Gasteiger partial charge in [-0.15, -0.1) is 0 Å². The molecule has 0 radical (unpaired) electrons. The monoisotopic (exact) mass is 267 g/mol. The van der Waals surface area contributed by atoms with Gasteiger partial charge in [0.2, 0.25) is 0 Å².